The van der Waals surface area contributed by atoms with Gasteiger partial charge in [0.15, 0.2) is 0 Å². The molecule has 0 amide bonds. The first-order valence-electron chi connectivity index (χ1n) is 5.33. The van der Waals surface area contributed by atoms with Crippen molar-refractivity contribution < 1.29 is 26.0 Å². The Bertz CT molecular complexity index is 540. The summed E-state index contributed by atoms with van der Waals surface area (Å²) in [5.41, 5.74) is -0.951. The second-order valence-electron chi connectivity index (χ2n) is 4.15. The van der Waals surface area contributed by atoms with Gasteiger partial charge in [-0.15, -0.1) is 0 Å². The van der Waals surface area contributed by atoms with Gasteiger partial charge in [0.25, 0.3) is 0 Å². The summed E-state index contributed by atoms with van der Waals surface area (Å²) in [6.07, 6.45) is -3.55. The van der Waals surface area contributed by atoms with Crippen LogP contribution in [0, 0.1) is 5.82 Å². The molecule has 0 unspecified atom stereocenters. The average Bonchev–Trinajstić information content (AvgIpc) is 2.21. The number of alkyl halides is 3. The van der Waals surface area contributed by atoms with Gasteiger partial charge >= 0.3 is 6.18 Å². The largest absolute Gasteiger partial charge is 0.416 e. The lowest BCUT2D eigenvalue weighted by molar-refractivity contribution is -0.137. The Morgan fingerprint density at radius 2 is 1.84 bits per heavy atom. The van der Waals surface area contributed by atoms with E-state index in [-0.39, 0.29) is 24.4 Å². The molecule has 0 radical (unpaired) electrons. The first kappa shape index (κ1) is 15.9. The summed E-state index contributed by atoms with van der Waals surface area (Å²) < 4.78 is 72.0. The zero-order valence-electron chi connectivity index (χ0n) is 10.1. The fourth-order valence-electron chi connectivity index (χ4n) is 1.41. The van der Waals surface area contributed by atoms with Gasteiger partial charge in [-0.25, -0.2) is 12.8 Å². The SMILES string of the molecule is CS(=O)(=O)CCNCc1cc(F)cc(C(F)(F)F)c1. The van der Waals surface area contributed by atoms with Crippen molar-refractivity contribution in [3.8, 4) is 0 Å². The minimum atomic E-state index is -4.61. The molecule has 0 atom stereocenters. The van der Waals surface area contributed by atoms with Gasteiger partial charge in [-0.05, 0) is 23.8 Å². The van der Waals surface area contributed by atoms with Crippen molar-refractivity contribution in [2.75, 3.05) is 18.6 Å². The minimum absolute atomic E-state index is 0.0314. The lowest BCUT2D eigenvalue weighted by Crippen LogP contribution is -2.22. The third-order valence-electron chi connectivity index (χ3n) is 2.26. The van der Waals surface area contributed by atoms with Crippen molar-refractivity contribution in [2.24, 2.45) is 0 Å². The van der Waals surface area contributed by atoms with E-state index in [0.29, 0.717) is 6.07 Å². The Morgan fingerprint density at radius 3 is 2.37 bits per heavy atom. The normalized spacial score (nSPS) is 12.7. The zero-order chi connectivity index (χ0) is 14.7. The van der Waals surface area contributed by atoms with Gasteiger partial charge in [0.1, 0.15) is 15.7 Å². The van der Waals surface area contributed by atoms with Crippen LogP contribution in [-0.2, 0) is 22.6 Å². The van der Waals surface area contributed by atoms with Crippen molar-refractivity contribution in [1.82, 2.24) is 5.32 Å². The molecule has 0 fully saturated rings. The van der Waals surface area contributed by atoms with Gasteiger partial charge in [0.05, 0.1) is 11.3 Å². The molecule has 1 rings (SSSR count). The minimum Gasteiger partial charge on any atom is -0.312 e. The monoisotopic (exact) mass is 299 g/mol. The number of benzene rings is 1. The van der Waals surface area contributed by atoms with Crippen LogP contribution in [0.25, 0.3) is 0 Å². The molecular formula is C11H13F4NO2S. The van der Waals surface area contributed by atoms with Crippen LogP contribution >= 0.6 is 0 Å². The molecule has 0 aliphatic carbocycles. The zero-order valence-corrected chi connectivity index (χ0v) is 10.9. The number of halogens is 4. The van der Waals surface area contributed by atoms with E-state index in [2.05, 4.69) is 5.32 Å². The number of hydrogen-bond donors (Lipinski definition) is 1. The Morgan fingerprint density at radius 1 is 1.21 bits per heavy atom. The highest BCUT2D eigenvalue weighted by atomic mass is 32.2. The van der Waals surface area contributed by atoms with Crippen molar-refractivity contribution >= 4 is 9.84 Å². The van der Waals surface area contributed by atoms with E-state index in [1.807, 2.05) is 0 Å². The van der Waals surface area contributed by atoms with Crippen LogP contribution in [0.2, 0.25) is 0 Å². The van der Waals surface area contributed by atoms with E-state index in [1.165, 1.54) is 0 Å². The van der Waals surface area contributed by atoms with Gasteiger partial charge in [-0.2, -0.15) is 13.2 Å². The Labute approximate surface area is 108 Å². The maximum atomic E-state index is 13.0. The molecular weight excluding hydrogens is 286 g/mol. The molecule has 0 aromatic heterocycles. The third kappa shape index (κ3) is 6.02. The summed E-state index contributed by atoms with van der Waals surface area (Å²) in [4.78, 5) is 0. The lowest BCUT2D eigenvalue weighted by atomic mass is 10.1. The van der Waals surface area contributed by atoms with Crippen molar-refractivity contribution in [3.63, 3.8) is 0 Å². The fraction of sp³-hybridized carbons (Fsp3) is 0.455. The van der Waals surface area contributed by atoms with Crippen LogP contribution in [0.1, 0.15) is 11.1 Å². The topological polar surface area (TPSA) is 46.2 Å². The van der Waals surface area contributed by atoms with Crippen LogP contribution in [0.5, 0.6) is 0 Å². The maximum Gasteiger partial charge on any atom is 0.416 e. The molecule has 0 saturated carbocycles. The molecule has 0 bridgehead atoms. The summed E-state index contributed by atoms with van der Waals surface area (Å²) in [5.74, 6) is -1.11. The van der Waals surface area contributed by atoms with Crippen molar-refractivity contribution in [2.45, 2.75) is 12.7 Å². The predicted molar refractivity (Wildman–Crippen MR) is 62.8 cm³/mol. The maximum absolute atomic E-state index is 13.0. The molecule has 0 heterocycles. The van der Waals surface area contributed by atoms with E-state index >= 15 is 0 Å². The standard InChI is InChI=1S/C11H13F4NO2S/c1-19(17,18)3-2-16-7-8-4-9(11(13,14)15)6-10(12)5-8/h4-6,16H,2-3,7H2,1H3. The van der Waals surface area contributed by atoms with Crippen LogP contribution in [-0.4, -0.2) is 27.0 Å². The number of rotatable bonds is 5. The van der Waals surface area contributed by atoms with Gasteiger partial charge in [-0.3, -0.25) is 0 Å². The molecule has 0 spiro atoms. The number of nitrogens with one attached hydrogen (secondary N) is 1. The molecule has 3 nitrogen and oxygen atoms in total. The summed E-state index contributed by atoms with van der Waals surface area (Å²) >= 11 is 0. The highest BCUT2D eigenvalue weighted by Crippen LogP contribution is 2.30. The smallest absolute Gasteiger partial charge is 0.312 e. The van der Waals surface area contributed by atoms with Crippen molar-refractivity contribution in [1.29, 1.82) is 0 Å². The first-order valence-corrected chi connectivity index (χ1v) is 7.39. The summed E-state index contributed by atoms with van der Waals surface area (Å²) in [7, 11) is -3.13. The number of sulfone groups is 1. The second-order valence-corrected chi connectivity index (χ2v) is 6.41. The second kappa shape index (κ2) is 5.87. The van der Waals surface area contributed by atoms with Gasteiger partial charge < -0.3 is 5.32 Å². The van der Waals surface area contributed by atoms with Crippen LogP contribution in [0.3, 0.4) is 0 Å². The third-order valence-corrected chi connectivity index (χ3v) is 3.21. The fourth-order valence-corrected chi connectivity index (χ4v) is 1.92. The predicted octanol–water partition coefficient (Wildman–Crippen LogP) is 1.98. The van der Waals surface area contributed by atoms with Crippen LogP contribution in [0.4, 0.5) is 17.6 Å². The molecule has 0 aliphatic heterocycles. The molecule has 0 saturated heterocycles. The van der Waals surface area contributed by atoms with Crippen LogP contribution in [0.15, 0.2) is 18.2 Å². The Kier molecular flexibility index (Phi) is 4.92. The highest BCUT2D eigenvalue weighted by Gasteiger charge is 2.31. The van der Waals surface area contributed by atoms with Gasteiger partial charge in [-0.1, -0.05) is 0 Å². The Balaban J connectivity index is 2.67. The Hall–Kier alpha value is -1.15. The number of hydrogen-bond acceptors (Lipinski definition) is 3. The van der Waals surface area contributed by atoms with E-state index in [4.69, 9.17) is 0 Å². The van der Waals surface area contributed by atoms with Crippen molar-refractivity contribution in [3.05, 3.63) is 35.1 Å². The molecule has 8 heteroatoms. The summed E-state index contributed by atoms with van der Waals surface area (Å²) in [6.45, 7) is 0.0626. The van der Waals surface area contributed by atoms with E-state index in [1.54, 1.807) is 0 Å². The average molecular weight is 299 g/mol. The molecule has 1 aromatic rings. The molecule has 19 heavy (non-hydrogen) atoms. The first-order chi connectivity index (χ1) is 8.58. The molecule has 0 aliphatic rings. The molecule has 1 N–H and O–H groups in total. The van der Waals surface area contributed by atoms with E-state index in [9.17, 15) is 26.0 Å². The molecule has 108 valence electrons. The van der Waals surface area contributed by atoms with Gasteiger partial charge in [0.2, 0.25) is 0 Å². The van der Waals surface area contributed by atoms with Gasteiger partial charge in [0, 0.05) is 19.3 Å². The summed E-state index contributed by atoms with van der Waals surface area (Å²) in [5, 5.41) is 2.65. The lowest BCUT2D eigenvalue weighted by Gasteiger charge is -2.10. The van der Waals surface area contributed by atoms with E-state index < -0.39 is 27.4 Å². The quantitative estimate of drug-likeness (QED) is 0.668. The van der Waals surface area contributed by atoms with E-state index in [0.717, 1.165) is 18.4 Å². The molecule has 1 aromatic carbocycles. The van der Waals surface area contributed by atoms with Crippen LogP contribution < -0.4 is 5.32 Å². The summed E-state index contributed by atoms with van der Waals surface area (Å²) in [6, 6.07) is 2.22. The highest BCUT2D eigenvalue weighted by molar-refractivity contribution is 7.90.